The molecule has 1 unspecified atom stereocenters. The van der Waals surface area contributed by atoms with E-state index in [1.165, 1.54) is 25.2 Å². The van der Waals surface area contributed by atoms with Gasteiger partial charge in [-0.2, -0.15) is 0 Å². The number of hydrogen-bond acceptors (Lipinski definition) is 4. The van der Waals surface area contributed by atoms with E-state index >= 15 is 0 Å². The van der Waals surface area contributed by atoms with Crippen molar-refractivity contribution in [1.29, 1.82) is 0 Å². The Bertz CT molecular complexity index is 456. The second-order valence-electron chi connectivity index (χ2n) is 5.59. The molecule has 0 aromatic carbocycles. The molecule has 1 aliphatic rings. The first-order valence-corrected chi connectivity index (χ1v) is 7.27. The van der Waals surface area contributed by atoms with Crippen LogP contribution in [0, 0.1) is 0 Å². The Balaban J connectivity index is 2.11. The van der Waals surface area contributed by atoms with Gasteiger partial charge < -0.3 is 15.3 Å². The summed E-state index contributed by atoms with van der Waals surface area (Å²) in [5, 5.41) is 13.2. The summed E-state index contributed by atoms with van der Waals surface area (Å²) in [4.78, 5) is 18.2. The standard InChI is InChI=1S/C15H23N3O2/c1-11(2)18(10-12-5-3-4-7-17-12)15(20)13-6-8-16-9-14(13)19/h6,8-9,11-12,17,19H,3-5,7,10H2,1-2H3. The van der Waals surface area contributed by atoms with Gasteiger partial charge in [0.15, 0.2) is 0 Å². The molecule has 2 N–H and O–H groups in total. The Kier molecular flexibility index (Phi) is 4.95. The zero-order chi connectivity index (χ0) is 14.5. The second kappa shape index (κ2) is 6.70. The summed E-state index contributed by atoms with van der Waals surface area (Å²) in [7, 11) is 0. The lowest BCUT2D eigenvalue weighted by atomic mass is 10.0. The molecule has 1 saturated heterocycles. The molecule has 0 saturated carbocycles. The van der Waals surface area contributed by atoms with E-state index in [1.54, 1.807) is 6.07 Å². The average Bonchev–Trinajstić information content (AvgIpc) is 2.45. The number of carbonyl (C=O) groups excluding carboxylic acids is 1. The summed E-state index contributed by atoms with van der Waals surface area (Å²) < 4.78 is 0. The van der Waals surface area contributed by atoms with Crippen LogP contribution >= 0.6 is 0 Å². The highest BCUT2D eigenvalue weighted by atomic mass is 16.3. The van der Waals surface area contributed by atoms with Crippen LogP contribution in [0.3, 0.4) is 0 Å². The van der Waals surface area contributed by atoms with Crippen LogP contribution in [-0.2, 0) is 0 Å². The van der Waals surface area contributed by atoms with Gasteiger partial charge in [-0.3, -0.25) is 9.78 Å². The van der Waals surface area contributed by atoms with Crippen LogP contribution in [0.1, 0.15) is 43.5 Å². The van der Waals surface area contributed by atoms with Gasteiger partial charge in [0, 0.05) is 24.8 Å². The predicted molar refractivity (Wildman–Crippen MR) is 77.7 cm³/mol. The van der Waals surface area contributed by atoms with Crippen LogP contribution < -0.4 is 5.32 Å². The molecular formula is C15H23N3O2. The van der Waals surface area contributed by atoms with E-state index in [-0.39, 0.29) is 17.7 Å². The van der Waals surface area contributed by atoms with Crippen molar-refractivity contribution in [2.45, 2.75) is 45.2 Å². The maximum Gasteiger partial charge on any atom is 0.258 e. The van der Waals surface area contributed by atoms with Crippen molar-refractivity contribution in [3.8, 4) is 5.75 Å². The molecule has 0 aliphatic carbocycles. The number of carbonyl (C=O) groups is 1. The van der Waals surface area contributed by atoms with E-state index in [2.05, 4.69) is 10.3 Å². The lowest BCUT2D eigenvalue weighted by Gasteiger charge is -2.33. The van der Waals surface area contributed by atoms with E-state index in [1.807, 2.05) is 18.7 Å². The van der Waals surface area contributed by atoms with Crippen LogP contribution in [0.4, 0.5) is 0 Å². The largest absolute Gasteiger partial charge is 0.505 e. The number of piperidine rings is 1. The molecule has 1 fully saturated rings. The number of nitrogens with one attached hydrogen (secondary N) is 1. The molecule has 20 heavy (non-hydrogen) atoms. The van der Waals surface area contributed by atoms with E-state index in [9.17, 15) is 9.90 Å². The van der Waals surface area contributed by atoms with Crippen molar-refractivity contribution in [3.05, 3.63) is 24.0 Å². The van der Waals surface area contributed by atoms with E-state index < -0.39 is 0 Å². The van der Waals surface area contributed by atoms with Crippen LogP contribution in [0.5, 0.6) is 5.75 Å². The van der Waals surface area contributed by atoms with Crippen molar-refractivity contribution >= 4 is 5.91 Å². The highest BCUT2D eigenvalue weighted by molar-refractivity contribution is 5.96. The van der Waals surface area contributed by atoms with E-state index in [0.29, 0.717) is 18.2 Å². The van der Waals surface area contributed by atoms with E-state index in [4.69, 9.17) is 0 Å². The second-order valence-corrected chi connectivity index (χ2v) is 5.59. The highest BCUT2D eigenvalue weighted by Gasteiger charge is 2.25. The summed E-state index contributed by atoms with van der Waals surface area (Å²) in [6.07, 6.45) is 6.35. The lowest BCUT2D eigenvalue weighted by Crippen LogP contribution is -2.48. The molecule has 0 radical (unpaired) electrons. The molecule has 0 bridgehead atoms. The van der Waals surface area contributed by atoms with Gasteiger partial charge in [0.05, 0.1) is 11.8 Å². The van der Waals surface area contributed by atoms with Crippen LogP contribution in [0.25, 0.3) is 0 Å². The van der Waals surface area contributed by atoms with Gasteiger partial charge in [-0.05, 0) is 39.3 Å². The molecule has 1 aliphatic heterocycles. The number of hydrogen-bond donors (Lipinski definition) is 2. The van der Waals surface area contributed by atoms with Gasteiger partial charge in [0.2, 0.25) is 0 Å². The number of amides is 1. The van der Waals surface area contributed by atoms with Gasteiger partial charge in [0.1, 0.15) is 5.75 Å². The summed E-state index contributed by atoms with van der Waals surface area (Å²) >= 11 is 0. The zero-order valence-electron chi connectivity index (χ0n) is 12.2. The summed E-state index contributed by atoms with van der Waals surface area (Å²) in [5.41, 5.74) is 0.324. The molecule has 5 nitrogen and oxygen atoms in total. The van der Waals surface area contributed by atoms with Crippen molar-refractivity contribution in [1.82, 2.24) is 15.2 Å². The molecule has 2 heterocycles. The molecule has 1 aromatic heterocycles. The van der Waals surface area contributed by atoms with Gasteiger partial charge in [-0.25, -0.2) is 0 Å². The third-order valence-electron chi connectivity index (χ3n) is 3.74. The van der Waals surface area contributed by atoms with E-state index in [0.717, 1.165) is 13.0 Å². The first-order chi connectivity index (χ1) is 9.59. The van der Waals surface area contributed by atoms with Crippen molar-refractivity contribution < 1.29 is 9.90 Å². The summed E-state index contributed by atoms with van der Waals surface area (Å²) in [6.45, 7) is 5.70. The third-order valence-corrected chi connectivity index (χ3v) is 3.74. The molecule has 1 atom stereocenters. The SMILES string of the molecule is CC(C)N(CC1CCCCN1)C(=O)c1ccncc1O. The minimum absolute atomic E-state index is 0.0558. The number of nitrogens with zero attached hydrogens (tertiary/aromatic N) is 2. The summed E-state index contributed by atoms with van der Waals surface area (Å²) in [6, 6.07) is 2.01. The Morgan fingerprint density at radius 3 is 2.95 bits per heavy atom. The summed E-state index contributed by atoms with van der Waals surface area (Å²) in [5.74, 6) is -0.188. The normalized spacial score (nSPS) is 19.1. The van der Waals surface area contributed by atoms with Gasteiger partial charge in [-0.15, -0.1) is 0 Å². The molecule has 110 valence electrons. The number of rotatable bonds is 4. The van der Waals surface area contributed by atoms with Gasteiger partial charge in [-0.1, -0.05) is 6.42 Å². The van der Waals surface area contributed by atoms with Crippen LogP contribution in [-0.4, -0.2) is 46.1 Å². The maximum atomic E-state index is 12.6. The molecule has 1 amide bonds. The first-order valence-electron chi connectivity index (χ1n) is 7.27. The van der Waals surface area contributed by atoms with Crippen LogP contribution in [0.2, 0.25) is 0 Å². The molecule has 0 spiro atoms. The van der Waals surface area contributed by atoms with Gasteiger partial charge in [0.25, 0.3) is 5.91 Å². The predicted octanol–water partition coefficient (Wildman–Crippen LogP) is 1.78. The Labute approximate surface area is 120 Å². The monoisotopic (exact) mass is 277 g/mol. The highest BCUT2D eigenvalue weighted by Crippen LogP contribution is 2.19. The van der Waals surface area contributed by atoms with Crippen molar-refractivity contribution in [3.63, 3.8) is 0 Å². The number of pyridine rings is 1. The molecule has 5 heteroatoms. The Morgan fingerprint density at radius 2 is 2.35 bits per heavy atom. The van der Waals surface area contributed by atoms with Crippen LogP contribution in [0.15, 0.2) is 18.5 Å². The molecular weight excluding hydrogens is 254 g/mol. The van der Waals surface area contributed by atoms with Crippen molar-refractivity contribution in [2.24, 2.45) is 0 Å². The minimum atomic E-state index is -0.132. The third kappa shape index (κ3) is 3.48. The Morgan fingerprint density at radius 1 is 1.55 bits per heavy atom. The van der Waals surface area contributed by atoms with Gasteiger partial charge >= 0.3 is 0 Å². The topological polar surface area (TPSA) is 65.5 Å². The Hall–Kier alpha value is -1.62. The molecule has 1 aromatic rings. The maximum absolute atomic E-state index is 12.6. The molecule has 2 rings (SSSR count). The average molecular weight is 277 g/mol. The number of aromatic hydroxyl groups is 1. The lowest BCUT2D eigenvalue weighted by molar-refractivity contribution is 0.0673. The zero-order valence-corrected chi connectivity index (χ0v) is 12.2. The fourth-order valence-electron chi connectivity index (χ4n) is 2.57. The van der Waals surface area contributed by atoms with Crippen molar-refractivity contribution in [2.75, 3.05) is 13.1 Å². The fourth-order valence-corrected chi connectivity index (χ4v) is 2.57. The smallest absolute Gasteiger partial charge is 0.258 e. The number of aromatic nitrogens is 1. The minimum Gasteiger partial charge on any atom is -0.505 e. The quantitative estimate of drug-likeness (QED) is 0.880. The fraction of sp³-hybridized carbons (Fsp3) is 0.600. The first kappa shape index (κ1) is 14.8.